The average molecular weight is 225 g/mol. The molecule has 0 spiro atoms. The summed E-state index contributed by atoms with van der Waals surface area (Å²) in [4.78, 5) is 12.1. The summed E-state index contributed by atoms with van der Waals surface area (Å²) in [6.45, 7) is 0. The second-order valence-corrected chi connectivity index (χ2v) is 2.90. The molecule has 0 aliphatic rings. The van der Waals surface area contributed by atoms with Gasteiger partial charge in [0.05, 0.1) is 0 Å². The quantitative estimate of drug-likeness (QED) is 0.533. The monoisotopic (exact) mass is 226 g/mol. The van der Waals surface area contributed by atoms with Gasteiger partial charge in [-0.2, -0.15) is 0 Å². The third-order valence-electron chi connectivity index (χ3n) is 0.345. The summed E-state index contributed by atoms with van der Waals surface area (Å²) in [5.74, 6) is 0.0340. The van der Waals surface area contributed by atoms with Gasteiger partial charge < -0.3 is 0 Å². The van der Waals surface area contributed by atoms with Crippen molar-refractivity contribution < 1.29 is 7.87 Å². The molecule has 0 atom stereocenters. The Balaban J connectivity index is 3.00. The van der Waals surface area contributed by atoms with E-state index in [1.165, 1.54) is 0 Å². The summed E-state index contributed by atoms with van der Waals surface area (Å²) in [6.07, 6.45) is 0. The molecule has 0 aliphatic carbocycles. The van der Waals surface area contributed by atoms with Gasteiger partial charge in [0.1, 0.15) is 0 Å². The molecule has 0 N–H and O–H groups in total. The van der Waals surface area contributed by atoms with Gasteiger partial charge in [0.2, 0.25) is 0 Å². The van der Waals surface area contributed by atoms with Crippen molar-refractivity contribution in [1.82, 2.24) is 0 Å². The first-order valence-corrected chi connectivity index (χ1v) is 6.43. The minimum absolute atomic E-state index is 0.183. The SMILES string of the molecule is [CH3][Sn][O]C(=O)CS. The topological polar surface area (TPSA) is 26.3 Å². The molecular weight excluding hydrogens is 219 g/mol. The predicted molar refractivity (Wildman–Crippen MR) is 31.6 cm³/mol. The molecule has 0 saturated carbocycles. The van der Waals surface area contributed by atoms with E-state index in [1.807, 2.05) is 4.94 Å². The van der Waals surface area contributed by atoms with E-state index in [9.17, 15) is 4.79 Å². The molecular formula is C3H6O2SSn. The van der Waals surface area contributed by atoms with Crippen LogP contribution in [0, 0.1) is 0 Å². The molecule has 4 heteroatoms. The Labute approximate surface area is 58.8 Å². The average Bonchev–Trinajstić information content (AvgIpc) is 1.68. The van der Waals surface area contributed by atoms with Gasteiger partial charge in [-0.25, -0.2) is 0 Å². The molecule has 0 amide bonds. The zero-order chi connectivity index (χ0) is 5.70. The molecule has 0 saturated heterocycles. The molecule has 0 aliphatic heterocycles. The van der Waals surface area contributed by atoms with Crippen LogP contribution in [-0.4, -0.2) is 33.3 Å². The number of carbonyl (C=O) groups is 1. The van der Waals surface area contributed by atoms with E-state index in [4.69, 9.17) is 0 Å². The van der Waals surface area contributed by atoms with Crippen molar-refractivity contribution in [2.24, 2.45) is 0 Å². The Bertz CT molecular complexity index is 66.0. The van der Waals surface area contributed by atoms with Gasteiger partial charge in [-0.3, -0.25) is 0 Å². The van der Waals surface area contributed by atoms with Crippen LogP contribution < -0.4 is 0 Å². The molecule has 2 nitrogen and oxygen atoms in total. The fraction of sp³-hybridized carbons (Fsp3) is 0.667. The predicted octanol–water partition coefficient (Wildman–Crippen LogP) is 0.127. The molecule has 2 radical (unpaired) electrons. The number of carbonyl (C=O) groups excluding carboxylic acids is 1. The normalized spacial score (nSPS) is 8.29. The van der Waals surface area contributed by atoms with Crippen molar-refractivity contribution in [1.29, 1.82) is 0 Å². The van der Waals surface area contributed by atoms with Crippen LogP contribution in [0.5, 0.6) is 0 Å². The second-order valence-electron chi connectivity index (χ2n) is 0.836. The van der Waals surface area contributed by atoms with Crippen molar-refractivity contribution >= 4 is 40.2 Å². The molecule has 0 aromatic carbocycles. The van der Waals surface area contributed by atoms with Crippen LogP contribution in [0.4, 0.5) is 0 Å². The van der Waals surface area contributed by atoms with E-state index in [0.717, 1.165) is 0 Å². The van der Waals surface area contributed by atoms with Crippen LogP contribution in [0.1, 0.15) is 0 Å². The zero-order valence-electron chi connectivity index (χ0n) is 3.97. The molecule has 0 fully saturated rings. The van der Waals surface area contributed by atoms with Gasteiger partial charge in [-0.05, 0) is 0 Å². The van der Waals surface area contributed by atoms with Crippen LogP contribution in [0.25, 0.3) is 0 Å². The summed E-state index contributed by atoms with van der Waals surface area (Å²) < 4.78 is 4.65. The van der Waals surface area contributed by atoms with Crippen LogP contribution >= 0.6 is 12.6 Å². The van der Waals surface area contributed by atoms with Crippen LogP contribution in [-0.2, 0) is 7.87 Å². The Morgan fingerprint density at radius 3 is 2.71 bits per heavy atom. The Morgan fingerprint density at radius 2 is 2.57 bits per heavy atom. The van der Waals surface area contributed by atoms with Gasteiger partial charge in [-0.1, -0.05) is 0 Å². The molecule has 0 aromatic heterocycles. The first kappa shape index (κ1) is 7.62. The van der Waals surface area contributed by atoms with Crippen LogP contribution in [0.3, 0.4) is 0 Å². The van der Waals surface area contributed by atoms with Gasteiger partial charge in [0.25, 0.3) is 0 Å². The summed E-state index contributed by atoms with van der Waals surface area (Å²) in [6, 6.07) is 0. The third-order valence-corrected chi connectivity index (χ3v) is 1.84. The first-order chi connectivity index (χ1) is 3.31. The number of hydrogen-bond donors (Lipinski definition) is 1. The maximum atomic E-state index is 10.2. The fourth-order valence-corrected chi connectivity index (χ4v) is 1.41. The molecule has 0 heterocycles. The first-order valence-electron chi connectivity index (χ1n) is 1.78. The summed E-state index contributed by atoms with van der Waals surface area (Å²) >= 11 is 2.94. The van der Waals surface area contributed by atoms with E-state index in [-0.39, 0.29) is 11.7 Å². The van der Waals surface area contributed by atoms with E-state index >= 15 is 0 Å². The van der Waals surface area contributed by atoms with Gasteiger partial charge in [-0.15, -0.1) is 0 Å². The van der Waals surface area contributed by atoms with Gasteiger partial charge >= 0.3 is 58.7 Å². The number of hydrogen-bond acceptors (Lipinski definition) is 3. The van der Waals surface area contributed by atoms with Crippen molar-refractivity contribution in [3.8, 4) is 0 Å². The Kier molecular flexibility index (Phi) is 5.19. The zero-order valence-corrected chi connectivity index (χ0v) is 7.72. The number of thiol groups is 1. The van der Waals surface area contributed by atoms with E-state index < -0.39 is 21.6 Å². The summed E-state index contributed by atoms with van der Waals surface area (Å²) in [7, 11) is 0. The fourth-order valence-electron chi connectivity index (χ4n) is 0.146. The number of rotatable bonds is 2. The molecule has 0 bridgehead atoms. The van der Waals surface area contributed by atoms with Crippen LogP contribution in [0.15, 0.2) is 0 Å². The Hall–Kier alpha value is 0.619. The van der Waals surface area contributed by atoms with Crippen molar-refractivity contribution in [3.05, 3.63) is 0 Å². The Morgan fingerprint density at radius 1 is 2.00 bits per heavy atom. The summed E-state index contributed by atoms with van der Waals surface area (Å²) in [5.41, 5.74) is 0. The third kappa shape index (κ3) is 4.47. The van der Waals surface area contributed by atoms with Gasteiger partial charge in [0, 0.05) is 0 Å². The second kappa shape index (κ2) is 4.77. The molecule has 7 heavy (non-hydrogen) atoms. The summed E-state index contributed by atoms with van der Waals surface area (Å²) in [5, 5.41) is 0. The van der Waals surface area contributed by atoms with E-state index in [1.54, 1.807) is 0 Å². The maximum absolute atomic E-state index is 10.2. The van der Waals surface area contributed by atoms with E-state index in [2.05, 4.69) is 15.7 Å². The van der Waals surface area contributed by atoms with Crippen molar-refractivity contribution in [2.45, 2.75) is 4.94 Å². The molecule has 0 aromatic rings. The molecule has 0 unspecified atom stereocenters. The van der Waals surface area contributed by atoms with Crippen molar-refractivity contribution in [2.75, 3.05) is 5.75 Å². The van der Waals surface area contributed by atoms with Crippen molar-refractivity contribution in [3.63, 3.8) is 0 Å². The standard InChI is InChI=1S/C2H4O2S.CH3.Sn/c3-2(4)1-5;;/h5H,1H2,(H,3,4);1H3;/q;;+1/p-1. The van der Waals surface area contributed by atoms with Gasteiger partial charge in [0.15, 0.2) is 0 Å². The minimum atomic E-state index is -0.764. The van der Waals surface area contributed by atoms with E-state index in [0.29, 0.717) is 0 Å². The van der Waals surface area contributed by atoms with Crippen LogP contribution in [0.2, 0.25) is 4.94 Å². The molecule has 0 rings (SSSR count). The molecule has 40 valence electrons.